The predicted molar refractivity (Wildman–Crippen MR) is 83.9 cm³/mol. The third-order valence-electron chi connectivity index (χ3n) is 5.86. The third-order valence-corrected chi connectivity index (χ3v) is 5.86. The molecule has 2 bridgehead atoms. The van der Waals surface area contributed by atoms with Crippen LogP contribution in [0.15, 0.2) is 28.7 Å². The molecule has 22 heavy (non-hydrogen) atoms. The lowest BCUT2D eigenvalue weighted by Gasteiger charge is -2.33. The summed E-state index contributed by atoms with van der Waals surface area (Å²) in [7, 11) is 0. The van der Waals surface area contributed by atoms with Crippen molar-refractivity contribution in [2.24, 2.45) is 5.92 Å². The zero-order valence-corrected chi connectivity index (χ0v) is 12.8. The number of rotatable bonds is 2. The fourth-order valence-electron chi connectivity index (χ4n) is 4.65. The molecule has 3 fully saturated rings. The first kappa shape index (κ1) is 12.7. The Balaban J connectivity index is 1.42. The van der Waals surface area contributed by atoms with Crippen LogP contribution >= 0.6 is 0 Å². The van der Waals surface area contributed by atoms with Crippen LogP contribution in [0.25, 0.3) is 11.0 Å². The highest BCUT2D eigenvalue weighted by molar-refractivity contribution is 5.98. The summed E-state index contributed by atoms with van der Waals surface area (Å²) in [5, 5.41) is 4.34. The molecule has 3 aliphatic rings. The Hall–Kier alpha value is -1.81. The van der Waals surface area contributed by atoms with Gasteiger partial charge in [-0.1, -0.05) is 0 Å². The number of piperidine rings is 1. The van der Waals surface area contributed by atoms with Crippen molar-refractivity contribution >= 4 is 16.9 Å². The Morgan fingerprint density at radius 3 is 3.05 bits per heavy atom. The van der Waals surface area contributed by atoms with Gasteiger partial charge in [-0.3, -0.25) is 9.69 Å². The monoisotopic (exact) mass is 296 g/mol. The molecule has 3 atom stereocenters. The Morgan fingerprint density at radius 2 is 2.23 bits per heavy atom. The fourth-order valence-corrected chi connectivity index (χ4v) is 4.65. The first-order valence-corrected chi connectivity index (χ1v) is 8.22. The molecule has 1 N–H and O–H groups in total. The molecule has 2 aliphatic heterocycles. The molecule has 1 aromatic heterocycles. The second kappa shape index (κ2) is 4.13. The number of fused-ring (bicyclic) bond motifs is 4. The average molecular weight is 296 g/mol. The lowest BCUT2D eigenvalue weighted by atomic mass is 9.91. The Kier molecular flexibility index (Phi) is 2.39. The van der Waals surface area contributed by atoms with E-state index < -0.39 is 0 Å². The molecule has 1 saturated carbocycles. The summed E-state index contributed by atoms with van der Waals surface area (Å²) in [6, 6.07) is 8.03. The van der Waals surface area contributed by atoms with Crippen LogP contribution in [-0.2, 0) is 0 Å². The van der Waals surface area contributed by atoms with Gasteiger partial charge in [0.05, 0.1) is 6.04 Å². The Bertz CT molecular complexity index is 774. The molecule has 1 aromatic carbocycles. The molecule has 4 nitrogen and oxygen atoms in total. The van der Waals surface area contributed by atoms with Crippen molar-refractivity contribution in [2.45, 2.75) is 37.8 Å². The Labute approximate surface area is 129 Å². The molecular formula is C18H20N2O2. The first-order chi connectivity index (χ1) is 10.7. The second-order valence-electron chi connectivity index (χ2n) is 7.16. The number of carbonyl (C=O) groups excluding carboxylic acids is 1. The molecule has 4 heteroatoms. The molecule has 1 amide bonds. The highest BCUT2D eigenvalue weighted by Crippen LogP contribution is 2.55. The van der Waals surface area contributed by atoms with Crippen LogP contribution in [0.5, 0.6) is 0 Å². The van der Waals surface area contributed by atoms with Crippen LogP contribution in [-0.4, -0.2) is 35.5 Å². The maximum Gasteiger partial charge on any atom is 0.251 e. The van der Waals surface area contributed by atoms with Crippen LogP contribution in [0.3, 0.4) is 0 Å². The first-order valence-electron chi connectivity index (χ1n) is 8.22. The summed E-state index contributed by atoms with van der Waals surface area (Å²) >= 11 is 0. The van der Waals surface area contributed by atoms with Crippen LogP contribution < -0.4 is 5.32 Å². The standard InChI is InChI=1S/C18H20N2O2/c1-11-8-14-9-12(2-3-15(14)22-11)17(21)19-16-13-4-7-20(10-13)18(16)5-6-18/h2-3,8-9,13,16H,4-7,10H2,1H3,(H,19,21). The lowest BCUT2D eigenvalue weighted by Crippen LogP contribution is -2.51. The summed E-state index contributed by atoms with van der Waals surface area (Å²) in [4.78, 5) is 15.3. The zero-order chi connectivity index (χ0) is 14.9. The molecule has 1 aliphatic carbocycles. The molecule has 2 aromatic rings. The number of nitrogens with zero attached hydrogens (tertiary/aromatic N) is 1. The topological polar surface area (TPSA) is 45.5 Å². The van der Waals surface area contributed by atoms with Gasteiger partial charge in [0, 0.05) is 23.0 Å². The highest BCUT2D eigenvalue weighted by Gasteiger charge is 2.63. The third kappa shape index (κ3) is 1.64. The summed E-state index contributed by atoms with van der Waals surface area (Å²) in [5.74, 6) is 1.59. The van der Waals surface area contributed by atoms with Crippen molar-refractivity contribution in [1.29, 1.82) is 0 Å². The van der Waals surface area contributed by atoms with E-state index in [0.29, 0.717) is 17.5 Å². The summed E-state index contributed by atoms with van der Waals surface area (Å²) in [5.41, 5.74) is 1.88. The molecule has 2 saturated heterocycles. The molecule has 1 spiro atoms. The number of carbonyl (C=O) groups is 1. The van der Waals surface area contributed by atoms with Crippen molar-refractivity contribution in [2.75, 3.05) is 13.1 Å². The SMILES string of the molecule is Cc1cc2cc(C(=O)NC3C4CCN(C4)C34CC4)ccc2o1. The quantitative estimate of drug-likeness (QED) is 0.927. The van der Waals surface area contributed by atoms with Crippen LogP contribution in [0, 0.1) is 12.8 Å². The fraction of sp³-hybridized carbons (Fsp3) is 0.500. The number of amides is 1. The number of aryl methyl sites for hydroxylation is 1. The maximum absolute atomic E-state index is 12.7. The van der Waals surface area contributed by atoms with Crippen molar-refractivity contribution in [1.82, 2.24) is 10.2 Å². The number of hydrogen-bond acceptors (Lipinski definition) is 3. The molecular weight excluding hydrogens is 276 g/mol. The number of hydrogen-bond donors (Lipinski definition) is 1. The van der Waals surface area contributed by atoms with Crippen LogP contribution in [0.2, 0.25) is 0 Å². The zero-order valence-electron chi connectivity index (χ0n) is 12.8. The molecule has 3 unspecified atom stereocenters. The summed E-state index contributed by atoms with van der Waals surface area (Å²) < 4.78 is 5.58. The van der Waals surface area contributed by atoms with E-state index in [2.05, 4.69) is 10.2 Å². The molecule has 5 rings (SSSR count). The average Bonchev–Trinajstić information content (AvgIpc) is 2.89. The normalized spacial score (nSPS) is 31.0. The largest absolute Gasteiger partial charge is 0.461 e. The van der Waals surface area contributed by atoms with Gasteiger partial charge < -0.3 is 9.73 Å². The lowest BCUT2D eigenvalue weighted by molar-refractivity contribution is 0.0892. The second-order valence-corrected chi connectivity index (χ2v) is 7.16. The number of nitrogens with one attached hydrogen (secondary N) is 1. The van der Waals surface area contributed by atoms with E-state index in [1.165, 1.54) is 32.4 Å². The van der Waals surface area contributed by atoms with Gasteiger partial charge in [-0.15, -0.1) is 0 Å². The predicted octanol–water partition coefficient (Wildman–Crippen LogP) is 2.71. The van der Waals surface area contributed by atoms with Crippen molar-refractivity contribution in [3.05, 3.63) is 35.6 Å². The maximum atomic E-state index is 12.7. The van der Waals surface area contributed by atoms with Crippen molar-refractivity contribution in [3.63, 3.8) is 0 Å². The minimum absolute atomic E-state index is 0.0609. The minimum Gasteiger partial charge on any atom is -0.461 e. The van der Waals surface area contributed by atoms with E-state index in [0.717, 1.165) is 22.3 Å². The van der Waals surface area contributed by atoms with E-state index in [-0.39, 0.29) is 5.91 Å². The van der Waals surface area contributed by atoms with E-state index >= 15 is 0 Å². The molecule has 0 radical (unpaired) electrons. The number of benzene rings is 1. The van der Waals surface area contributed by atoms with Crippen molar-refractivity contribution < 1.29 is 9.21 Å². The van der Waals surface area contributed by atoms with Gasteiger partial charge in [-0.25, -0.2) is 0 Å². The minimum atomic E-state index is 0.0609. The summed E-state index contributed by atoms with van der Waals surface area (Å²) in [6.45, 7) is 4.32. The van der Waals surface area contributed by atoms with Gasteiger partial charge in [0.1, 0.15) is 11.3 Å². The smallest absolute Gasteiger partial charge is 0.251 e. The van der Waals surface area contributed by atoms with Crippen molar-refractivity contribution in [3.8, 4) is 0 Å². The van der Waals surface area contributed by atoms with Gasteiger partial charge >= 0.3 is 0 Å². The molecule has 114 valence electrons. The van der Waals surface area contributed by atoms with E-state index in [4.69, 9.17) is 4.42 Å². The van der Waals surface area contributed by atoms with E-state index in [1.807, 2.05) is 31.2 Å². The highest BCUT2D eigenvalue weighted by atomic mass is 16.3. The van der Waals surface area contributed by atoms with Gasteiger partial charge in [-0.2, -0.15) is 0 Å². The van der Waals surface area contributed by atoms with Gasteiger partial charge in [0.15, 0.2) is 0 Å². The van der Waals surface area contributed by atoms with E-state index in [1.54, 1.807) is 0 Å². The van der Waals surface area contributed by atoms with E-state index in [9.17, 15) is 4.79 Å². The Morgan fingerprint density at radius 1 is 1.36 bits per heavy atom. The number of furan rings is 1. The van der Waals surface area contributed by atoms with Crippen LogP contribution in [0.1, 0.15) is 35.4 Å². The van der Waals surface area contributed by atoms with Gasteiger partial charge in [0.25, 0.3) is 5.91 Å². The van der Waals surface area contributed by atoms with Crippen LogP contribution in [0.4, 0.5) is 0 Å². The molecule has 3 heterocycles. The summed E-state index contributed by atoms with van der Waals surface area (Å²) in [6.07, 6.45) is 3.72. The van der Waals surface area contributed by atoms with Gasteiger partial charge in [-0.05, 0) is 62.9 Å². The van der Waals surface area contributed by atoms with Gasteiger partial charge in [0.2, 0.25) is 0 Å².